The van der Waals surface area contributed by atoms with Gasteiger partial charge in [-0.1, -0.05) is 30.3 Å². The van der Waals surface area contributed by atoms with Crippen LogP contribution in [0.4, 0.5) is 10.5 Å². The number of amides is 1. The number of aromatic hydroxyl groups is 1. The Morgan fingerprint density at radius 2 is 2.00 bits per heavy atom. The van der Waals surface area contributed by atoms with E-state index in [1.54, 1.807) is 0 Å². The first-order valence-corrected chi connectivity index (χ1v) is 6.16. The first-order chi connectivity index (χ1) is 10.2. The standard InChI is InChI=1S/C14H11N3O4/c18-11-7-6-10-12(17-21-16-10)13(11)15-14(19)20-8-9-4-2-1-3-5-9/h1-7,18H,8H2,(H,15,19). The lowest BCUT2D eigenvalue weighted by Crippen LogP contribution is -2.14. The molecule has 106 valence electrons. The molecule has 1 heterocycles. The first kappa shape index (κ1) is 12.9. The van der Waals surface area contributed by atoms with Gasteiger partial charge in [0.15, 0.2) is 5.52 Å². The second kappa shape index (κ2) is 5.49. The molecular formula is C14H11N3O4. The third kappa shape index (κ3) is 2.76. The molecule has 0 atom stereocenters. The molecule has 0 unspecified atom stereocenters. The smallest absolute Gasteiger partial charge is 0.412 e. The van der Waals surface area contributed by atoms with Crippen molar-refractivity contribution < 1.29 is 19.3 Å². The Morgan fingerprint density at radius 3 is 2.81 bits per heavy atom. The number of benzene rings is 2. The number of nitrogens with zero attached hydrogens (tertiary/aromatic N) is 2. The summed E-state index contributed by atoms with van der Waals surface area (Å²) >= 11 is 0. The van der Waals surface area contributed by atoms with Crippen LogP contribution in [-0.2, 0) is 11.3 Å². The number of phenolic OH excluding ortho intramolecular Hbond substituents is 1. The highest BCUT2D eigenvalue weighted by atomic mass is 16.6. The quantitative estimate of drug-likeness (QED) is 0.718. The molecule has 0 radical (unpaired) electrons. The highest BCUT2D eigenvalue weighted by molar-refractivity contribution is 5.99. The number of ether oxygens (including phenoxy) is 1. The summed E-state index contributed by atoms with van der Waals surface area (Å²) in [6, 6.07) is 12.2. The van der Waals surface area contributed by atoms with Gasteiger partial charge in [0.25, 0.3) is 0 Å². The molecule has 21 heavy (non-hydrogen) atoms. The lowest BCUT2D eigenvalue weighted by Gasteiger charge is -2.08. The van der Waals surface area contributed by atoms with Crippen LogP contribution >= 0.6 is 0 Å². The number of nitrogens with one attached hydrogen (secondary N) is 1. The molecule has 0 aliphatic heterocycles. The first-order valence-electron chi connectivity index (χ1n) is 6.16. The summed E-state index contributed by atoms with van der Waals surface area (Å²) in [6.07, 6.45) is -0.704. The number of hydrogen-bond acceptors (Lipinski definition) is 6. The third-order valence-corrected chi connectivity index (χ3v) is 2.85. The van der Waals surface area contributed by atoms with Crippen LogP contribution in [0.5, 0.6) is 5.75 Å². The monoisotopic (exact) mass is 285 g/mol. The normalized spacial score (nSPS) is 10.5. The van der Waals surface area contributed by atoms with Gasteiger partial charge in [-0.15, -0.1) is 0 Å². The van der Waals surface area contributed by atoms with E-state index >= 15 is 0 Å². The predicted molar refractivity (Wildman–Crippen MR) is 73.7 cm³/mol. The van der Waals surface area contributed by atoms with Crippen molar-refractivity contribution in [3.63, 3.8) is 0 Å². The van der Waals surface area contributed by atoms with E-state index in [1.165, 1.54) is 12.1 Å². The molecule has 1 aromatic heterocycles. The molecule has 2 aromatic carbocycles. The van der Waals surface area contributed by atoms with Crippen molar-refractivity contribution in [1.29, 1.82) is 0 Å². The fraction of sp³-hybridized carbons (Fsp3) is 0.0714. The van der Waals surface area contributed by atoms with Crippen molar-refractivity contribution in [3.05, 3.63) is 48.0 Å². The fourth-order valence-corrected chi connectivity index (χ4v) is 1.83. The number of phenols is 1. The largest absolute Gasteiger partial charge is 0.506 e. The van der Waals surface area contributed by atoms with Crippen LogP contribution in [0.3, 0.4) is 0 Å². The summed E-state index contributed by atoms with van der Waals surface area (Å²) in [7, 11) is 0. The molecule has 0 aliphatic carbocycles. The fourth-order valence-electron chi connectivity index (χ4n) is 1.83. The number of anilines is 1. The van der Waals surface area contributed by atoms with Crippen LogP contribution < -0.4 is 5.32 Å². The lowest BCUT2D eigenvalue weighted by molar-refractivity contribution is 0.155. The molecule has 0 bridgehead atoms. The summed E-state index contributed by atoms with van der Waals surface area (Å²) in [5.41, 5.74) is 1.64. The maximum atomic E-state index is 11.8. The summed E-state index contributed by atoms with van der Waals surface area (Å²) in [5.74, 6) is -0.144. The van der Waals surface area contributed by atoms with Crippen LogP contribution in [0.15, 0.2) is 47.1 Å². The van der Waals surface area contributed by atoms with E-state index in [1.807, 2.05) is 30.3 Å². The van der Waals surface area contributed by atoms with Gasteiger partial charge in [-0.2, -0.15) is 0 Å². The molecule has 3 aromatic rings. The molecule has 2 N–H and O–H groups in total. The van der Waals surface area contributed by atoms with E-state index in [4.69, 9.17) is 4.74 Å². The number of rotatable bonds is 3. The molecule has 0 saturated carbocycles. The van der Waals surface area contributed by atoms with Crippen molar-refractivity contribution >= 4 is 22.8 Å². The van der Waals surface area contributed by atoms with Crippen LogP contribution in [0.2, 0.25) is 0 Å². The molecule has 7 heteroatoms. The molecule has 0 spiro atoms. The average Bonchev–Trinajstić information content (AvgIpc) is 2.98. The second-order valence-corrected chi connectivity index (χ2v) is 4.28. The highest BCUT2D eigenvalue weighted by Gasteiger charge is 2.15. The predicted octanol–water partition coefficient (Wildman–Crippen LogP) is 2.68. The number of carbonyl (C=O) groups excluding carboxylic acids is 1. The van der Waals surface area contributed by atoms with Crippen molar-refractivity contribution in [3.8, 4) is 5.75 Å². The zero-order valence-electron chi connectivity index (χ0n) is 10.8. The van der Waals surface area contributed by atoms with Gasteiger partial charge < -0.3 is 9.84 Å². The summed E-state index contributed by atoms with van der Waals surface area (Å²) in [5, 5.41) is 19.5. The van der Waals surface area contributed by atoms with Gasteiger partial charge >= 0.3 is 6.09 Å². The van der Waals surface area contributed by atoms with Crippen LogP contribution in [0, 0.1) is 0 Å². The highest BCUT2D eigenvalue weighted by Crippen LogP contribution is 2.30. The van der Waals surface area contributed by atoms with E-state index in [2.05, 4.69) is 20.3 Å². The molecule has 3 rings (SSSR count). The van der Waals surface area contributed by atoms with Crippen LogP contribution in [0.25, 0.3) is 11.0 Å². The Kier molecular flexibility index (Phi) is 3.38. The van der Waals surface area contributed by atoms with E-state index < -0.39 is 6.09 Å². The minimum absolute atomic E-state index is 0.104. The summed E-state index contributed by atoms with van der Waals surface area (Å²) in [4.78, 5) is 11.8. The summed E-state index contributed by atoms with van der Waals surface area (Å²) in [6.45, 7) is 0.125. The Balaban J connectivity index is 1.72. The summed E-state index contributed by atoms with van der Waals surface area (Å²) < 4.78 is 9.64. The lowest BCUT2D eigenvalue weighted by atomic mass is 10.2. The van der Waals surface area contributed by atoms with Crippen molar-refractivity contribution in [2.24, 2.45) is 0 Å². The Hall–Kier alpha value is -3.09. The third-order valence-electron chi connectivity index (χ3n) is 2.85. The number of aromatic nitrogens is 2. The molecule has 1 amide bonds. The van der Waals surface area contributed by atoms with Gasteiger partial charge in [0.05, 0.1) is 0 Å². The molecule has 0 fully saturated rings. The zero-order chi connectivity index (χ0) is 14.7. The molecule has 0 saturated heterocycles. The van der Waals surface area contributed by atoms with E-state index in [0.717, 1.165) is 5.56 Å². The van der Waals surface area contributed by atoms with Gasteiger partial charge in [0, 0.05) is 0 Å². The Morgan fingerprint density at radius 1 is 1.19 bits per heavy atom. The molecule has 7 nitrogen and oxygen atoms in total. The Labute approximate surface area is 119 Å². The van der Waals surface area contributed by atoms with Crippen LogP contribution in [0.1, 0.15) is 5.56 Å². The SMILES string of the molecule is O=C(Nc1c(O)ccc2nonc12)OCc1ccccc1. The minimum Gasteiger partial charge on any atom is -0.506 e. The van der Waals surface area contributed by atoms with Crippen molar-refractivity contribution in [2.45, 2.75) is 6.61 Å². The number of carbonyl (C=O) groups is 1. The second-order valence-electron chi connectivity index (χ2n) is 4.28. The average molecular weight is 285 g/mol. The molecular weight excluding hydrogens is 274 g/mol. The van der Waals surface area contributed by atoms with E-state index in [-0.39, 0.29) is 23.6 Å². The number of fused-ring (bicyclic) bond motifs is 1. The van der Waals surface area contributed by atoms with Crippen molar-refractivity contribution in [1.82, 2.24) is 10.3 Å². The maximum Gasteiger partial charge on any atom is 0.412 e. The molecule has 0 aliphatic rings. The zero-order valence-corrected chi connectivity index (χ0v) is 10.8. The van der Waals surface area contributed by atoms with E-state index in [9.17, 15) is 9.90 Å². The minimum atomic E-state index is -0.704. The number of hydrogen-bond donors (Lipinski definition) is 2. The van der Waals surface area contributed by atoms with Gasteiger partial charge in [0.2, 0.25) is 0 Å². The van der Waals surface area contributed by atoms with Gasteiger partial charge in [-0.25, -0.2) is 9.42 Å². The topological polar surface area (TPSA) is 97.5 Å². The van der Waals surface area contributed by atoms with Gasteiger partial charge in [-0.3, -0.25) is 5.32 Å². The Bertz CT molecular complexity index is 770. The van der Waals surface area contributed by atoms with Crippen LogP contribution in [-0.4, -0.2) is 21.5 Å². The van der Waals surface area contributed by atoms with Gasteiger partial charge in [0.1, 0.15) is 23.6 Å². The van der Waals surface area contributed by atoms with Crippen molar-refractivity contribution in [2.75, 3.05) is 5.32 Å². The maximum absolute atomic E-state index is 11.8. The van der Waals surface area contributed by atoms with Gasteiger partial charge in [-0.05, 0) is 28.0 Å². The van der Waals surface area contributed by atoms with E-state index in [0.29, 0.717) is 5.52 Å².